The van der Waals surface area contributed by atoms with E-state index in [1.165, 1.54) is 6.07 Å². The van der Waals surface area contributed by atoms with Crippen LogP contribution in [0.5, 0.6) is 0 Å². The number of benzene rings is 1. The second-order valence-electron chi connectivity index (χ2n) is 5.68. The summed E-state index contributed by atoms with van der Waals surface area (Å²) in [5, 5.41) is 10.5. The zero-order chi connectivity index (χ0) is 15.5. The molecule has 0 aromatic heterocycles. The molecular formula is C15H21FN2O2S. The Labute approximate surface area is 129 Å². The first kappa shape index (κ1) is 16.3. The predicted octanol–water partition coefficient (Wildman–Crippen LogP) is 1.43. The maximum Gasteiger partial charge on any atom is 0.128 e. The van der Waals surface area contributed by atoms with E-state index in [-0.39, 0.29) is 10.8 Å². The summed E-state index contributed by atoms with van der Waals surface area (Å²) in [7, 11) is 1.87. The van der Waals surface area contributed by atoms with Gasteiger partial charge < -0.3 is 15.6 Å². The Bertz CT molecular complexity index is 518. The molecule has 4 nitrogen and oxygen atoms in total. The lowest BCUT2D eigenvalue weighted by Crippen LogP contribution is -2.45. The van der Waals surface area contributed by atoms with Crippen LogP contribution in [0.2, 0.25) is 0 Å². The summed E-state index contributed by atoms with van der Waals surface area (Å²) in [5.41, 5.74) is 5.82. The molecule has 0 amide bonds. The van der Waals surface area contributed by atoms with E-state index in [1.54, 1.807) is 12.1 Å². The van der Waals surface area contributed by atoms with Gasteiger partial charge in [0.15, 0.2) is 0 Å². The molecule has 1 fully saturated rings. The molecule has 1 aliphatic heterocycles. The van der Waals surface area contributed by atoms with Crippen molar-refractivity contribution in [3.05, 3.63) is 35.1 Å². The van der Waals surface area contributed by atoms with E-state index in [0.29, 0.717) is 50.3 Å². The van der Waals surface area contributed by atoms with Crippen LogP contribution < -0.4 is 5.73 Å². The van der Waals surface area contributed by atoms with Crippen LogP contribution in [0, 0.1) is 5.82 Å². The molecule has 0 radical (unpaired) electrons. The largest absolute Gasteiger partial charge is 0.389 e. The molecule has 1 heterocycles. The summed E-state index contributed by atoms with van der Waals surface area (Å²) >= 11 is 4.83. The Morgan fingerprint density at radius 2 is 2.14 bits per heavy atom. The Balaban J connectivity index is 1.99. The maximum absolute atomic E-state index is 14.0. The van der Waals surface area contributed by atoms with E-state index in [0.717, 1.165) is 0 Å². The van der Waals surface area contributed by atoms with Crippen molar-refractivity contribution < 1.29 is 14.2 Å². The Morgan fingerprint density at radius 1 is 1.48 bits per heavy atom. The number of rotatable bonds is 5. The summed E-state index contributed by atoms with van der Waals surface area (Å²) in [5.74, 6) is -0.328. The fraction of sp³-hybridized carbons (Fsp3) is 0.533. The van der Waals surface area contributed by atoms with Gasteiger partial charge >= 0.3 is 0 Å². The van der Waals surface area contributed by atoms with Gasteiger partial charge in [0, 0.05) is 50.3 Å². The molecule has 116 valence electrons. The number of nitrogens with zero attached hydrogens (tertiary/aromatic N) is 1. The minimum absolute atomic E-state index is 0.185. The lowest BCUT2D eigenvalue weighted by atomic mass is 9.94. The van der Waals surface area contributed by atoms with Gasteiger partial charge in [-0.1, -0.05) is 24.4 Å². The molecule has 1 aliphatic rings. The van der Waals surface area contributed by atoms with E-state index in [2.05, 4.69) is 0 Å². The molecule has 21 heavy (non-hydrogen) atoms. The van der Waals surface area contributed by atoms with Crippen molar-refractivity contribution in [2.75, 3.05) is 26.8 Å². The van der Waals surface area contributed by atoms with Crippen molar-refractivity contribution in [2.24, 2.45) is 5.73 Å². The van der Waals surface area contributed by atoms with E-state index < -0.39 is 5.60 Å². The van der Waals surface area contributed by atoms with Crippen molar-refractivity contribution >= 4 is 17.2 Å². The molecule has 3 N–H and O–H groups in total. The molecule has 1 saturated heterocycles. The lowest BCUT2D eigenvalue weighted by molar-refractivity contribution is -0.0778. The standard InChI is InChI=1S/C15H21FN2O2S/c1-18(10-15(19)4-6-20-7-5-15)9-12-3-2-11(14(17)21)8-13(12)16/h2-3,8,19H,4-7,9-10H2,1H3,(H2,17,21). The number of ether oxygens (including phenoxy) is 1. The summed E-state index contributed by atoms with van der Waals surface area (Å²) in [6.45, 7) is 2.06. The number of nitrogens with two attached hydrogens (primary N) is 1. The molecule has 2 rings (SSSR count). The zero-order valence-corrected chi connectivity index (χ0v) is 13.0. The van der Waals surface area contributed by atoms with Gasteiger partial charge in [-0.15, -0.1) is 0 Å². The molecule has 0 bridgehead atoms. The third kappa shape index (κ3) is 4.44. The SMILES string of the molecule is CN(Cc1ccc(C(N)=S)cc1F)CC1(O)CCOCC1. The number of halogens is 1. The minimum atomic E-state index is -0.748. The second-order valence-corrected chi connectivity index (χ2v) is 6.12. The number of hydrogen-bond acceptors (Lipinski definition) is 4. The number of thiocarbonyl (C=S) groups is 1. The maximum atomic E-state index is 14.0. The minimum Gasteiger partial charge on any atom is -0.389 e. The van der Waals surface area contributed by atoms with Crippen LogP contribution in [0.4, 0.5) is 4.39 Å². The van der Waals surface area contributed by atoms with Crippen molar-refractivity contribution in [3.8, 4) is 0 Å². The molecule has 0 unspecified atom stereocenters. The van der Waals surface area contributed by atoms with Gasteiger partial charge in [-0.3, -0.25) is 4.90 Å². The highest BCUT2D eigenvalue weighted by Crippen LogP contribution is 2.22. The fourth-order valence-corrected chi connectivity index (χ4v) is 2.71. The molecule has 0 spiro atoms. The third-order valence-electron chi connectivity index (χ3n) is 3.77. The van der Waals surface area contributed by atoms with Gasteiger partial charge in [0.1, 0.15) is 10.8 Å². The Kier molecular flexibility index (Phi) is 5.27. The monoisotopic (exact) mass is 312 g/mol. The molecule has 0 saturated carbocycles. The molecular weight excluding hydrogens is 291 g/mol. The first-order valence-corrected chi connectivity index (χ1v) is 7.37. The van der Waals surface area contributed by atoms with Crippen LogP contribution in [0.25, 0.3) is 0 Å². The highest BCUT2D eigenvalue weighted by Gasteiger charge is 2.31. The predicted molar refractivity (Wildman–Crippen MR) is 83.6 cm³/mol. The summed E-state index contributed by atoms with van der Waals surface area (Å²) in [6.07, 6.45) is 1.22. The summed E-state index contributed by atoms with van der Waals surface area (Å²) in [4.78, 5) is 2.11. The molecule has 6 heteroatoms. The third-order valence-corrected chi connectivity index (χ3v) is 4.00. The van der Waals surface area contributed by atoms with Crippen molar-refractivity contribution in [1.82, 2.24) is 4.90 Å². The van der Waals surface area contributed by atoms with Crippen LogP contribution in [0.1, 0.15) is 24.0 Å². The van der Waals surface area contributed by atoms with Crippen LogP contribution in [0.3, 0.4) is 0 Å². The van der Waals surface area contributed by atoms with Crippen LogP contribution in [-0.2, 0) is 11.3 Å². The molecule has 1 aromatic carbocycles. The highest BCUT2D eigenvalue weighted by molar-refractivity contribution is 7.80. The quantitative estimate of drug-likeness (QED) is 0.806. The Hall–Kier alpha value is -1.08. The van der Waals surface area contributed by atoms with Gasteiger partial charge in [-0.25, -0.2) is 4.39 Å². The highest BCUT2D eigenvalue weighted by atomic mass is 32.1. The van der Waals surface area contributed by atoms with Crippen molar-refractivity contribution in [2.45, 2.75) is 25.0 Å². The van der Waals surface area contributed by atoms with E-state index >= 15 is 0 Å². The van der Waals surface area contributed by atoms with Crippen LogP contribution >= 0.6 is 12.2 Å². The van der Waals surface area contributed by atoms with Crippen LogP contribution in [0.15, 0.2) is 18.2 Å². The lowest BCUT2D eigenvalue weighted by Gasteiger charge is -2.35. The topological polar surface area (TPSA) is 58.7 Å². The first-order chi connectivity index (χ1) is 9.89. The average Bonchev–Trinajstić information content (AvgIpc) is 2.41. The van der Waals surface area contributed by atoms with E-state index in [4.69, 9.17) is 22.7 Å². The molecule has 1 aromatic rings. The summed E-state index contributed by atoms with van der Waals surface area (Å²) in [6, 6.07) is 4.76. The van der Waals surface area contributed by atoms with Gasteiger partial charge in [-0.2, -0.15) is 0 Å². The van der Waals surface area contributed by atoms with E-state index in [9.17, 15) is 9.50 Å². The molecule has 0 atom stereocenters. The van der Waals surface area contributed by atoms with Gasteiger partial charge in [-0.05, 0) is 13.1 Å². The smallest absolute Gasteiger partial charge is 0.128 e. The normalized spacial score (nSPS) is 17.9. The van der Waals surface area contributed by atoms with Crippen molar-refractivity contribution in [1.29, 1.82) is 0 Å². The number of aliphatic hydroxyl groups is 1. The van der Waals surface area contributed by atoms with Gasteiger partial charge in [0.2, 0.25) is 0 Å². The fourth-order valence-electron chi connectivity index (χ4n) is 2.59. The van der Waals surface area contributed by atoms with Crippen molar-refractivity contribution in [3.63, 3.8) is 0 Å². The number of hydrogen-bond donors (Lipinski definition) is 2. The average molecular weight is 312 g/mol. The number of likely N-dealkylation sites (N-methyl/N-ethyl adjacent to an activating group) is 1. The zero-order valence-electron chi connectivity index (χ0n) is 12.1. The molecule has 0 aliphatic carbocycles. The summed E-state index contributed by atoms with van der Waals surface area (Å²) < 4.78 is 19.3. The van der Waals surface area contributed by atoms with E-state index in [1.807, 2.05) is 11.9 Å². The Morgan fingerprint density at radius 3 is 2.71 bits per heavy atom. The van der Waals surface area contributed by atoms with Gasteiger partial charge in [0.05, 0.1) is 5.60 Å². The second kappa shape index (κ2) is 6.79. The van der Waals surface area contributed by atoms with Crippen LogP contribution in [-0.4, -0.2) is 47.4 Å². The van der Waals surface area contributed by atoms with Gasteiger partial charge in [0.25, 0.3) is 0 Å². The first-order valence-electron chi connectivity index (χ1n) is 6.96.